The van der Waals surface area contributed by atoms with Crippen LogP contribution in [0.1, 0.15) is 21.5 Å². The second-order valence-electron chi connectivity index (χ2n) is 5.06. The van der Waals surface area contributed by atoms with Gasteiger partial charge in [0, 0.05) is 11.6 Å². The zero-order chi connectivity index (χ0) is 17.2. The molecule has 0 aliphatic carbocycles. The molecule has 122 valence electrons. The standard InChI is InChI=1S/C16H17NO5S/c1-10-5-4-6-11(2)15(10)16(18)17-13-8-7-12(23(19,20)21)9-14(13)22-3/h4-9H,1-3H3,(H,17,18)(H,19,20,21). The summed E-state index contributed by atoms with van der Waals surface area (Å²) in [5, 5.41) is 2.70. The Hall–Kier alpha value is -2.38. The zero-order valence-corrected chi connectivity index (χ0v) is 13.8. The number of anilines is 1. The number of nitrogens with one attached hydrogen (secondary N) is 1. The van der Waals surface area contributed by atoms with Gasteiger partial charge < -0.3 is 10.1 Å². The molecule has 0 heterocycles. The Morgan fingerprint density at radius 2 is 1.74 bits per heavy atom. The van der Waals surface area contributed by atoms with Crippen LogP contribution in [0, 0.1) is 13.8 Å². The number of hydrogen-bond acceptors (Lipinski definition) is 4. The molecular weight excluding hydrogens is 318 g/mol. The SMILES string of the molecule is COc1cc(S(=O)(=O)O)ccc1NC(=O)c1c(C)cccc1C. The van der Waals surface area contributed by atoms with Crippen LogP contribution >= 0.6 is 0 Å². The predicted octanol–water partition coefficient (Wildman–Crippen LogP) is 2.81. The number of benzene rings is 2. The molecule has 0 bridgehead atoms. The quantitative estimate of drug-likeness (QED) is 0.838. The molecule has 23 heavy (non-hydrogen) atoms. The summed E-state index contributed by atoms with van der Waals surface area (Å²) in [4.78, 5) is 12.2. The van der Waals surface area contributed by atoms with E-state index in [9.17, 15) is 13.2 Å². The highest BCUT2D eigenvalue weighted by Crippen LogP contribution is 2.28. The summed E-state index contributed by atoms with van der Waals surface area (Å²) in [6.45, 7) is 3.67. The molecule has 0 unspecified atom stereocenters. The number of carbonyl (C=O) groups excluding carboxylic acids is 1. The van der Waals surface area contributed by atoms with Crippen molar-refractivity contribution in [3.8, 4) is 5.75 Å². The summed E-state index contributed by atoms with van der Waals surface area (Å²) >= 11 is 0. The monoisotopic (exact) mass is 335 g/mol. The van der Waals surface area contributed by atoms with Gasteiger partial charge in [-0.2, -0.15) is 8.42 Å². The van der Waals surface area contributed by atoms with E-state index in [0.29, 0.717) is 11.3 Å². The molecule has 6 nitrogen and oxygen atoms in total. The van der Waals surface area contributed by atoms with Crippen LogP contribution in [0.3, 0.4) is 0 Å². The highest BCUT2D eigenvalue weighted by molar-refractivity contribution is 7.85. The summed E-state index contributed by atoms with van der Waals surface area (Å²) in [6, 6.07) is 9.24. The Labute approximate surface area is 134 Å². The molecule has 0 aromatic heterocycles. The third-order valence-electron chi connectivity index (χ3n) is 3.43. The highest BCUT2D eigenvalue weighted by Gasteiger charge is 2.17. The first kappa shape index (κ1) is 17.0. The number of ether oxygens (including phenoxy) is 1. The van der Waals surface area contributed by atoms with Crippen molar-refractivity contribution in [3.05, 3.63) is 53.1 Å². The fourth-order valence-corrected chi connectivity index (χ4v) is 2.79. The topological polar surface area (TPSA) is 92.7 Å². The lowest BCUT2D eigenvalue weighted by Crippen LogP contribution is -2.15. The largest absolute Gasteiger partial charge is 0.495 e. The van der Waals surface area contributed by atoms with E-state index in [1.807, 2.05) is 32.0 Å². The number of rotatable bonds is 4. The van der Waals surface area contributed by atoms with Crippen LogP contribution in [0.25, 0.3) is 0 Å². The van der Waals surface area contributed by atoms with Crippen LogP contribution in [-0.2, 0) is 10.1 Å². The van der Waals surface area contributed by atoms with E-state index < -0.39 is 10.1 Å². The van der Waals surface area contributed by atoms with Crippen molar-refractivity contribution < 1.29 is 22.5 Å². The Morgan fingerprint density at radius 3 is 2.26 bits per heavy atom. The highest BCUT2D eigenvalue weighted by atomic mass is 32.2. The van der Waals surface area contributed by atoms with Crippen molar-refractivity contribution in [2.24, 2.45) is 0 Å². The molecule has 0 aliphatic rings. The van der Waals surface area contributed by atoms with Gasteiger partial charge >= 0.3 is 0 Å². The summed E-state index contributed by atoms with van der Waals surface area (Å²) in [7, 11) is -2.99. The molecule has 2 aromatic carbocycles. The van der Waals surface area contributed by atoms with Crippen LogP contribution in [0.2, 0.25) is 0 Å². The Morgan fingerprint density at radius 1 is 1.13 bits per heavy atom. The van der Waals surface area contributed by atoms with Gasteiger partial charge in [0.1, 0.15) is 5.75 Å². The number of aryl methyl sites for hydroxylation is 2. The fraction of sp³-hybridized carbons (Fsp3) is 0.188. The van der Waals surface area contributed by atoms with Crippen molar-refractivity contribution in [2.75, 3.05) is 12.4 Å². The lowest BCUT2D eigenvalue weighted by Gasteiger charge is -2.13. The van der Waals surface area contributed by atoms with Gasteiger partial charge in [-0.15, -0.1) is 0 Å². The molecule has 7 heteroatoms. The van der Waals surface area contributed by atoms with Crippen LogP contribution in [0.5, 0.6) is 5.75 Å². The van der Waals surface area contributed by atoms with Gasteiger partial charge in [-0.25, -0.2) is 0 Å². The van der Waals surface area contributed by atoms with Crippen LogP contribution < -0.4 is 10.1 Å². The van der Waals surface area contributed by atoms with E-state index in [0.717, 1.165) is 17.2 Å². The molecule has 2 aromatic rings. The average Bonchev–Trinajstić information content (AvgIpc) is 2.46. The number of methoxy groups -OCH3 is 1. The van der Waals surface area contributed by atoms with Crippen molar-refractivity contribution in [2.45, 2.75) is 18.7 Å². The lowest BCUT2D eigenvalue weighted by atomic mass is 10.0. The first-order chi connectivity index (χ1) is 10.7. The minimum Gasteiger partial charge on any atom is -0.495 e. The van der Waals surface area contributed by atoms with Crippen molar-refractivity contribution in [1.82, 2.24) is 0 Å². The molecule has 0 saturated heterocycles. The first-order valence-electron chi connectivity index (χ1n) is 6.77. The minimum atomic E-state index is -4.34. The van der Waals surface area contributed by atoms with E-state index in [4.69, 9.17) is 9.29 Å². The molecule has 0 atom stereocenters. The second-order valence-corrected chi connectivity index (χ2v) is 6.48. The lowest BCUT2D eigenvalue weighted by molar-refractivity contribution is 0.102. The maximum Gasteiger partial charge on any atom is 0.294 e. The zero-order valence-electron chi connectivity index (χ0n) is 13.0. The maximum atomic E-state index is 12.5. The van der Waals surface area contributed by atoms with Gasteiger partial charge in [0.05, 0.1) is 17.7 Å². The van der Waals surface area contributed by atoms with Crippen LogP contribution in [0.15, 0.2) is 41.3 Å². The first-order valence-corrected chi connectivity index (χ1v) is 8.21. The number of carbonyl (C=O) groups is 1. The predicted molar refractivity (Wildman–Crippen MR) is 86.7 cm³/mol. The van der Waals surface area contributed by atoms with Gasteiger partial charge in [0.25, 0.3) is 16.0 Å². The van der Waals surface area contributed by atoms with Crippen molar-refractivity contribution in [1.29, 1.82) is 0 Å². The minimum absolute atomic E-state index is 0.139. The van der Waals surface area contributed by atoms with E-state index in [2.05, 4.69) is 5.32 Å². The molecule has 0 spiro atoms. The second kappa shape index (κ2) is 6.39. The third kappa shape index (κ3) is 3.69. The fourth-order valence-electron chi connectivity index (χ4n) is 2.29. The van der Waals surface area contributed by atoms with Gasteiger partial charge in [-0.3, -0.25) is 9.35 Å². The van der Waals surface area contributed by atoms with Crippen molar-refractivity contribution >= 4 is 21.7 Å². The summed E-state index contributed by atoms with van der Waals surface area (Å²) in [5.74, 6) is -0.182. The molecular formula is C16H17NO5S. The van der Waals surface area contributed by atoms with Crippen LogP contribution in [-0.4, -0.2) is 26.0 Å². The third-order valence-corrected chi connectivity index (χ3v) is 4.28. The van der Waals surface area contributed by atoms with Gasteiger partial charge in [0.2, 0.25) is 0 Å². The summed E-state index contributed by atoms with van der Waals surface area (Å²) in [6.07, 6.45) is 0. The Balaban J connectivity index is 2.39. The maximum absolute atomic E-state index is 12.5. The van der Waals surface area contributed by atoms with Gasteiger partial charge in [-0.1, -0.05) is 18.2 Å². The van der Waals surface area contributed by atoms with E-state index in [1.54, 1.807) is 0 Å². The number of hydrogen-bond donors (Lipinski definition) is 2. The van der Waals surface area contributed by atoms with E-state index in [1.165, 1.54) is 19.2 Å². The van der Waals surface area contributed by atoms with Gasteiger partial charge in [0.15, 0.2) is 0 Å². The smallest absolute Gasteiger partial charge is 0.294 e. The normalized spacial score (nSPS) is 11.1. The van der Waals surface area contributed by atoms with Gasteiger partial charge in [-0.05, 0) is 37.1 Å². The average molecular weight is 335 g/mol. The Kier molecular flexibility index (Phi) is 4.72. The molecule has 0 fully saturated rings. The molecule has 1 amide bonds. The molecule has 0 saturated carbocycles. The number of amides is 1. The van der Waals surface area contributed by atoms with Crippen molar-refractivity contribution in [3.63, 3.8) is 0 Å². The van der Waals surface area contributed by atoms with E-state index >= 15 is 0 Å². The van der Waals surface area contributed by atoms with E-state index in [-0.39, 0.29) is 16.6 Å². The molecule has 0 aliphatic heterocycles. The summed E-state index contributed by atoms with van der Waals surface area (Å²) in [5.41, 5.74) is 2.52. The molecule has 2 rings (SSSR count). The summed E-state index contributed by atoms with van der Waals surface area (Å²) < 4.78 is 36.5. The van der Waals surface area contributed by atoms with Crippen LogP contribution in [0.4, 0.5) is 5.69 Å². The molecule has 0 radical (unpaired) electrons. The molecule has 2 N–H and O–H groups in total. The Bertz CT molecular complexity index is 839.